The van der Waals surface area contributed by atoms with Crippen LogP contribution >= 0.6 is 0 Å². The Hall–Kier alpha value is -1.55. The lowest BCUT2D eigenvalue weighted by atomic mass is 9.90. The van der Waals surface area contributed by atoms with Crippen LogP contribution in [0.2, 0.25) is 0 Å². The van der Waals surface area contributed by atoms with Gasteiger partial charge < -0.3 is 15.0 Å². The van der Waals surface area contributed by atoms with E-state index in [9.17, 15) is 4.79 Å². The summed E-state index contributed by atoms with van der Waals surface area (Å²) >= 11 is 0. The molecule has 1 N–H and O–H groups in total. The fourth-order valence-electron chi connectivity index (χ4n) is 2.77. The van der Waals surface area contributed by atoms with Crippen LogP contribution < -0.4 is 10.1 Å². The minimum atomic E-state index is -0.00259. The van der Waals surface area contributed by atoms with Gasteiger partial charge in [0, 0.05) is 17.6 Å². The molecule has 110 valence electrons. The molecule has 1 amide bonds. The Morgan fingerprint density at radius 1 is 1.25 bits per heavy atom. The van der Waals surface area contributed by atoms with E-state index in [1.165, 1.54) is 0 Å². The average molecular weight is 276 g/mol. The van der Waals surface area contributed by atoms with Gasteiger partial charge in [0.1, 0.15) is 5.75 Å². The number of nitrogens with zero attached hydrogens (tertiary/aromatic N) is 1. The molecule has 1 saturated carbocycles. The third-order valence-electron chi connectivity index (χ3n) is 4.09. The molecule has 0 aromatic heterocycles. The first-order valence-electron chi connectivity index (χ1n) is 7.21. The fraction of sp³-hybridized carbons (Fsp3) is 0.562. The zero-order chi connectivity index (χ0) is 14.5. The molecular formula is C16H24N2O2. The van der Waals surface area contributed by atoms with Crippen LogP contribution in [0.4, 0.5) is 0 Å². The Bertz CT molecular complexity index is 452. The first-order valence-corrected chi connectivity index (χ1v) is 7.21. The summed E-state index contributed by atoms with van der Waals surface area (Å²) in [4.78, 5) is 14.5. The number of methoxy groups -OCH3 is 1. The number of amides is 1. The van der Waals surface area contributed by atoms with E-state index in [1.807, 2.05) is 18.2 Å². The van der Waals surface area contributed by atoms with E-state index in [0.29, 0.717) is 23.4 Å². The van der Waals surface area contributed by atoms with Crippen LogP contribution in [0.5, 0.6) is 5.75 Å². The molecule has 4 heteroatoms. The standard InChI is InChI=1S/C16H24N2O2/c1-18(2)14-9-7-13(8-10-14)17-16(19)12-5-4-6-15(11-12)20-3/h4-6,11,13-14H,7-10H2,1-3H3,(H,17,19). The van der Waals surface area contributed by atoms with Crippen molar-refractivity contribution in [3.05, 3.63) is 29.8 Å². The molecule has 1 aromatic carbocycles. The molecule has 0 aliphatic heterocycles. The largest absolute Gasteiger partial charge is 0.497 e. The highest BCUT2D eigenvalue weighted by Crippen LogP contribution is 2.22. The summed E-state index contributed by atoms with van der Waals surface area (Å²) in [6.07, 6.45) is 4.41. The lowest BCUT2D eigenvalue weighted by molar-refractivity contribution is 0.0916. The van der Waals surface area contributed by atoms with Gasteiger partial charge in [-0.2, -0.15) is 0 Å². The Kier molecular flexibility index (Phi) is 5.01. The summed E-state index contributed by atoms with van der Waals surface area (Å²) in [6.45, 7) is 0. The molecule has 0 bridgehead atoms. The van der Waals surface area contributed by atoms with Crippen molar-refractivity contribution in [3.63, 3.8) is 0 Å². The van der Waals surface area contributed by atoms with E-state index in [-0.39, 0.29) is 5.91 Å². The average Bonchev–Trinajstić information content (AvgIpc) is 2.47. The Morgan fingerprint density at radius 3 is 2.55 bits per heavy atom. The number of benzene rings is 1. The van der Waals surface area contributed by atoms with Crippen LogP contribution in [0.3, 0.4) is 0 Å². The Balaban J connectivity index is 1.89. The van der Waals surface area contributed by atoms with E-state index in [4.69, 9.17) is 4.74 Å². The van der Waals surface area contributed by atoms with Crippen molar-refractivity contribution in [2.75, 3.05) is 21.2 Å². The molecule has 1 aliphatic rings. The third kappa shape index (κ3) is 3.73. The predicted octanol–water partition coefficient (Wildman–Crippen LogP) is 2.30. The molecule has 0 atom stereocenters. The van der Waals surface area contributed by atoms with Crippen molar-refractivity contribution in [1.29, 1.82) is 0 Å². The second-order valence-electron chi connectivity index (χ2n) is 5.67. The number of hydrogen-bond acceptors (Lipinski definition) is 3. The molecule has 1 aromatic rings. The summed E-state index contributed by atoms with van der Waals surface area (Å²) < 4.78 is 5.15. The summed E-state index contributed by atoms with van der Waals surface area (Å²) in [6, 6.07) is 8.24. The van der Waals surface area contributed by atoms with Gasteiger partial charge in [0.05, 0.1) is 7.11 Å². The van der Waals surface area contributed by atoms with Crippen LogP contribution in [0.1, 0.15) is 36.0 Å². The zero-order valence-corrected chi connectivity index (χ0v) is 12.6. The monoisotopic (exact) mass is 276 g/mol. The molecule has 0 heterocycles. The van der Waals surface area contributed by atoms with E-state index in [1.54, 1.807) is 13.2 Å². The van der Waals surface area contributed by atoms with Gasteiger partial charge in [-0.05, 0) is 58.0 Å². The SMILES string of the molecule is COc1cccc(C(=O)NC2CCC(N(C)C)CC2)c1. The minimum absolute atomic E-state index is 0.00259. The number of carbonyl (C=O) groups excluding carboxylic acids is 1. The molecule has 0 unspecified atom stereocenters. The molecule has 4 nitrogen and oxygen atoms in total. The van der Waals surface area contributed by atoms with Crippen LogP contribution in [0, 0.1) is 0 Å². The van der Waals surface area contributed by atoms with Crippen LogP contribution in [-0.2, 0) is 0 Å². The summed E-state index contributed by atoms with van der Waals surface area (Å²) in [5, 5.41) is 3.13. The summed E-state index contributed by atoms with van der Waals surface area (Å²) in [5.74, 6) is 0.714. The topological polar surface area (TPSA) is 41.6 Å². The highest BCUT2D eigenvalue weighted by atomic mass is 16.5. The van der Waals surface area contributed by atoms with Crippen molar-refractivity contribution >= 4 is 5.91 Å². The molecule has 0 spiro atoms. The quantitative estimate of drug-likeness (QED) is 0.917. The predicted molar refractivity (Wildman–Crippen MR) is 80.2 cm³/mol. The van der Waals surface area contributed by atoms with E-state index in [0.717, 1.165) is 25.7 Å². The highest BCUT2D eigenvalue weighted by molar-refractivity contribution is 5.94. The van der Waals surface area contributed by atoms with Crippen molar-refractivity contribution in [3.8, 4) is 5.75 Å². The van der Waals surface area contributed by atoms with Gasteiger partial charge in [-0.3, -0.25) is 4.79 Å². The molecule has 2 rings (SSSR count). The van der Waals surface area contributed by atoms with Gasteiger partial charge in [0.2, 0.25) is 0 Å². The molecule has 1 aliphatic carbocycles. The number of ether oxygens (including phenoxy) is 1. The second kappa shape index (κ2) is 6.75. The van der Waals surface area contributed by atoms with Crippen molar-refractivity contribution in [1.82, 2.24) is 10.2 Å². The van der Waals surface area contributed by atoms with Gasteiger partial charge in [-0.15, -0.1) is 0 Å². The lowest BCUT2D eigenvalue weighted by Crippen LogP contribution is -2.41. The normalized spacial score (nSPS) is 22.6. The van der Waals surface area contributed by atoms with Gasteiger partial charge in [-0.1, -0.05) is 6.07 Å². The smallest absolute Gasteiger partial charge is 0.251 e. The summed E-state index contributed by atoms with van der Waals surface area (Å²) in [5.41, 5.74) is 0.666. The zero-order valence-electron chi connectivity index (χ0n) is 12.6. The first-order chi connectivity index (χ1) is 9.60. The van der Waals surface area contributed by atoms with Crippen LogP contribution in [0.15, 0.2) is 24.3 Å². The minimum Gasteiger partial charge on any atom is -0.497 e. The maximum atomic E-state index is 12.2. The van der Waals surface area contributed by atoms with E-state index in [2.05, 4.69) is 24.3 Å². The number of nitrogens with one attached hydrogen (secondary N) is 1. The van der Waals surface area contributed by atoms with Gasteiger partial charge in [0.15, 0.2) is 0 Å². The van der Waals surface area contributed by atoms with Crippen molar-refractivity contribution in [2.45, 2.75) is 37.8 Å². The molecule has 20 heavy (non-hydrogen) atoms. The molecule has 0 radical (unpaired) electrons. The van der Waals surface area contributed by atoms with E-state index >= 15 is 0 Å². The molecule has 0 saturated heterocycles. The highest BCUT2D eigenvalue weighted by Gasteiger charge is 2.23. The second-order valence-corrected chi connectivity index (χ2v) is 5.67. The molecular weight excluding hydrogens is 252 g/mol. The van der Waals surface area contributed by atoms with E-state index < -0.39 is 0 Å². The summed E-state index contributed by atoms with van der Waals surface area (Å²) in [7, 11) is 5.86. The lowest BCUT2D eigenvalue weighted by Gasteiger charge is -2.33. The number of carbonyl (C=O) groups is 1. The van der Waals surface area contributed by atoms with Crippen molar-refractivity contribution < 1.29 is 9.53 Å². The van der Waals surface area contributed by atoms with Gasteiger partial charge >= 0.3 is 0 Å². The number of hydrogen-bond donors (Lipinski definition) is 1. The Morgan fingerprint density at radius 2 is 1.95 bits per heavy atom. The fourth-order valence-corrected chi connectivity index (χ4v) is 2.77. The maximum Gasteiger partial charge on any atom is 0.251 e. The van der Waals surface area contributed by atoms with Gasteiger partial charge in [0.25, 0.3) is 5.91 Å². The van der Waals surface area contributed by atoms with Gasteiger partial charge in [-0.25, -0.2) is 0 Å². The molecule has 1 fully saturated rings. The first kappa shape index (κ1) is 14.9. The third-order valence-corrected chi connectivity index (χ3v) is 4.09. The van der Waals surface area contributed by atoms with Crippen molar-refractivity contribution in [2.24, 2.45) is 0 Å². The maximum absolute atomic E-state index is 12.2. The van der Waals surface area contributed by atoms with Crippen LogP contribution in [-0.4, -0.2) is 44.1 Å². The Labute approximate surface area is 121 Å². The van der Waals surface area contributed by atoms with Crippen LogP contribution in [0.25, 0.3) is 0 Å². The number of rotatable bonds is 4.